The maximum atomic E-state index is 11.8. The van der Waals surface area contributed by atoms with Gasteiger partial charge in [-0.2, -0.15) is 0 Å². The average Bonchev–Trinajstić information content (AvgIpc) is 2.86. The molecule has 2 aromatic carbocycles. The summed E-state index contributed by atoms with van der Waals surface area (Å²) in [5.41, 5.74) is 4.15. The fourth-order valence-corrected chi connectivity index (χ4v) is 4.30. The summed E-state index contributed by atoms with van der Waals surface area (Å²) in [6, 6.07) is 16.4. The van der Waals surface area contributed by atoms with Gasteiger partial charge < -0.3 is 0 Å². The van der Waals surface area contributed by atoms with E-state index < -0.39 is 5.41 Å². The summed E-state index contributed by atoms with van der Waals surface area (Å²) in [6.45, 7) is 3.68. The summed E-state index contributed by atoms with van der Waals surface area (Å²) in [6.07, 6.45) is 1.11. The number of halogens is 2. The van der Waals surface area contributed by atoms with Crippen molar-refractivity contribution in [3.63, 3.8) is 0 Å². The highest BCUT2D eigenvalue weighted by molar-refractivity contribution is 6.64. The Hall–Kier alpha value is -1.64. The predicted molar refractivity (Wildman–Crippen MR) is 102 cm³/mol. The molecule has 0 heterocycles. The Balaban J connectivity index is 2.22. The molecule has 3 rings (SSSR count). The van der Waals surface area contributed by atoms with E-state index in [2.05, 4.69) is 24.3 Å². The van der Waals surface area contributed by atoms with Gasteiger partial charge in [0.15, 0.2) is 0 Å². The smallest absolute Gasteiger partial charge is 0.224 e. The van der Waals surface area contributed by atoms with Gasteiger partial charge >= 0.3 is 0 Å². The molecule has 0 aromatic heterocycles. The number of fused-ring (bicyclic) bond motifs is 3. The molecule has 1 aliphatic carbocycles. The van der Waals surface area contributed by atoms with Gasteiger partial charge in [0, 0.05) is 17.3 Å². The third-order valence-corrected chi connectivity index (χ3v) is 6.00. The summed E-state index contributed by atoms with van der Waals surface area (Å²) in [5.74, 6) is -0.642. The van der Waals surface area contributed by atoms with E-state index in [-0.39, 0.29) is 22.3 Å². The van der Waals surface area contributed by atoms with Crippen molar-refractivity contribution >= 4 is 33.7 Å². The average molecular weight is 375 g/mol. The summed E-state index contributed by atoms with van der Waals surface area (Å²) in [5, 5.41) is -0.711. The maximum Gasteiger partial charge on any atom is 0.224 e. The van der Waals surface area contributed by atoms with Crippen LogP contribution in [0.15, 0.2) is 48.5 Å². The van der Waals surface area contributed by atoms with Gasteiger partial charge in [0.2, 0.25) is 10.5 Å². The van der Waals surface area contributed by atoms with Crippen LogP contribution in [0, 0.1) is 11.8 Å². The zero-order valence-electron chi connectivity index (χ0n) is 14.3. The molecule has 0 spiro atoms. The van der Waals surface area contributed by atoms with Gasteiger partial charge in [-0.25, -0.2) is 0 Å². The lowest BCUT2D eigenvalue weighted by atomic mass is 9.67. The quantitative estimate of drug-likeness (QED) is 0.622. The molecule has 130 valence electrons. The van der Waals surface area contributed by atoms with E-state index in [1.807, 2.05) is 38.1 Å². The van der Waals surface area contributed by atoms with Crippen LogP contribution in [0.5, 0.6) is 0 Å². The molecule has 2 aromatic rings. The summed E-state index contributed by atoms with van der Waals surface area (Å²) >= 11 is 11.6. The van der Waals surface area contributed by atoms with Crippen LogP contribution in [0.3, 0.4) is 0 Å². The number of hydrogen-bond donors (Lipinski definition) is 0. The lowest BCUT2D eigenvalue weighted by Gasteiger charge is -2.35. The Labute approximate surface area is 158 Å². The molecule has 0 aliphatic heterocycles. The van der Waals surface area contributed by atoms with Crippen molar-refractivity contribution in [1.29, 1.82) is 0 Å². The van der Waals surface area contributed by atoms with Crippen LogP contribution in [0.25, 0.3) is 11.1 Å². The van der Waals surface area contributed by atoms with Gasteiger partial charge in [-0.3, -0.25) is 9.59 Å². The number of rotatable bonds is 6. The standard InChI is InChI=1S/C21H20Cl2O2/c1-13(19(22)24)11-21(12-14(2)20(23)25)17-9-5-3-7-15(17)16-8-4-6-10-18(16)21/h3-10,13-14H,11-12H2,1-2H3. The molecule has 0 radical (unpaired) electrons. The minimum atomic E-state index is -0.443. The molecule has 0 saturated heterocycles. The van der Waals surface area contributed by atoms with Crippen LogP contribution in [0.4, 0.5) is 0 Å². The molecule has 4 heteroatoms. The highest BCUT2D eigenvalue weighted by Gasteiger charge is 2.45. The van der Waals surface area contributed by atoms with E-state index in [1.165, 1.54) is 0 Å². The second kappa shape index (κ2) is 6.93. The van der Waals surface area contributed by atoms with E-state index in [1.54, 1.807) is 0 Å². The topological polar surface area (TPSA) is 34.1 Å². The minimum absolute atomic E-state index is 0.321. The van der Waals surface area contributed by atoms with Crippen molar-refractivity contribution in [2.24, 2.45) is 11.8 Å². The zero-order valence-corrected chi connectivity index (χ0v) is 15.8. The fraction of sp³-hybridized carbons (Fsp3) is 0.333. The van der Waals surface area contributed by atoms with Crippen LogP contribution >= 0.6 is 23.2 Å². The summed E-state index contributed by atoms with van der Waals surface area (Å²) in [4.78, 5) is 23.6. The van der Waals surface area contributed by atoms with Crippen LogP contribution in [0.2, 0.25) is 0 Å². The van der Waals surface area contributed by atoms with E-state index >= 15 is 0 Å². The number of benzene rings is 2. The van der Waals surface area contributed by atoms with Crippen LogP contribution < -0.4 is 0 Å². The van der Waals surface area contributed by atoms with Crippen molar-refractivity contribution in [1.82, 2.24) is 0 Å². The SMILES string of the molecule is CC(CC1(CC(C)C(=O)Cl)c2ccccc2-c2ccccc21)C(=O)Cl. The molecule has 0 saturated carbocycles. The monoisotopic (exact) mass is 374 g/mol. The van der Waals surface area contributed by atoms with Gasteiger partial charge in [-0.1, -0.05) is 62.4 Å². The number of carbonyl (C=O) groups excluding carboxylic acids is 2. The number of hydrogen-bond acceptors (Lipinski definition) is 2. The van der Waals surface area contributed by atoms with Crippen molar-refractivity contribution in [3.8, 4) is 11.1 Å². The first-order valence-corrected chi connectivity index (χ1v) is 9.20. The molecule has 2 nitrogen and oxygen atoms in total. The van der Waals surface area contributed by atoms with Crippen LogP contribution in [-0.4, -0.2) is 10.5 Å². The second-order valence-electron chi connectivity index (χ2n) is 6.99. The van der Waals surface area contributed by atoms with Crippen LogP contribution in [0.1, 0.15) is 37.8 Å². The Kier molecular flexibility index (Phi) is 5.04. The van der Waals surface area contributed by atoms with Crippen molar-refractivity contribution in [2.45, 2.75) is 32.1 Å². The normalized spacial score (nSPS) is 16.6. The maximum absolute atomic E-state index is 11.8. The number of carbonyl (C=O) groups is 2. The summed E-state index contributed by atoms with van der Waals surface area (Å²) in [7, 11) is 0. The van der Waals surface area contributed by atoms with Gasteiger partial charge in [-0.15, -0.1) is 0 Å². The van der Waals surface area contributed by atoms with E-state index in [0.717, 1.165) is 22.3 Å². The van der Waals surface area contributed by atoms with Crippen molar-refractivity contribution in [3.05, 3.63) is 59.7 Å². The molecule has 2 atom stereocenters. The Morgan fingerprint density at radius 2 is 1.16 bits per heavy atom. The largest absolute Gasteiger partial charge is 0.281 e. The van der Waals surface area contributed by atoms with Crippen molar-refractivity contribution < 1.29 is 9.59 Å². The molecule has 0 bridgehead atoms. The first-order valence-electron chi connectivity index (χ1n) is 8.45. The molecule has 1 aliphatic rings. The second-order valence-corrected chi connectivity index (χ2v) is 7.74. The molecule has 0 fully saturated rings. The van der Waals surface area contributed by atoms with Gasteiger partial charge in [-0.05, 0) is 58.3 Å². The third kappa shape index (κ3) is 3.14. The fourth-order valence-electron chi connectivity index (χ4n) is 4.14. The molecule has 0 amide bonds. The van der Waals surface area contributed by atoms with Gasteiger partial charge in [0.05, 0.1) is 0 Å². The van der Waals surface area contributed by atoms with E-state index in [0.29, 0.717) is 12.8 Å². The third-order valence-electron chi connectivity index (χ3n) is 5.26. The molecule has 25 heavy (non-hydrogen) atoms. The Bertz CT molecular complexity index is 759. The highest BCUT2D eigenvalue weighted by atomic mass is 35.5. The molecular formula is C21H20Cl2O2. The predicted octanol–water partition coefficient (Wildman–Crippen LogP) is 5.54. The molecular weight excluding hydrogens is 355 g/mol. The van der Waals surface area contributed by atoms with Crippen LogP contribution in [-0.2, 0) is 15.0 Å². The lowest BCUT2D eigenvalue weighted by Crippen LogP contribution is -2.32. The lowest BCUT2D eigenvalue weighted by molar-refractivity contribution is -0.115. The van der Waals surface area contributed by atoms with E-state index in [4.69, 9.17) is 23.2 Å². The van der Waals surface area contributed by atoms with E-state index in [9.17, 15) is 9.59 Å². The Morgan fingerprint density at radius 1 is 0.800 bits per heavy atom. The minimum Gasteiger partial charge on any atom is -0.281 e. The molecule has 0 N–H and O–H groups in total. The molecule has 2 unspecified atom stereocenters. The zero-order chi connectivity index (χ0) is 18.2. The van der Waals surface area contributed by atoms with Gasteiger partial charge in [0.1, 0.15) is 0 Å². The highest BCUT2D eigenvalue weighted by Crippen LogP contribution is 2.55. The van der Waals surface area contributed by atoms with Crippen molar-refractivity contribution in [2.75, 3.05) is 0 Å². The van der Waals surface area contributed by atoms with Gasteiger partial charge in [0.25, 0.3) is 0 Å². The first kappa shape index (κ1) is 18.2. The summed E-state index contributed by atoms with van der Waals surface area (Å²) < 4.78 is 0. The Morgan fingerprint density at radius 3 is 1.52 bits per heavy atom. The first-order chi connectivity index (χ1) is 11.9.